The van der Waals surface area contributed by atoms with Crippen LogP contribution in [-0.4, -0.2) is 27.5 Å². The fraction of sp³-hybridized carbons (Fsp3) is 0.429. The van der Waals surface area contributed by atoms with Gasteiger partial charge in [-0.25, -0.2) is 9.97 Å². The predicted molar refractivity (Wildman–Crippen MR) is 108 cm³/mol. The zero-order chi connectivity index (χ0) is 18.8. The number of nitrogens with zero attached hydrogens (tertiary/aromatic N) is 3. The van der Waals surface area contributed by atoms with Gasteiger partial charge in [0.25, 0.3) is 0 Å². The van der Waals surface area contributed by atoms with E-state index in [1.807, 2.05) is 24.4 Å². The molecule has 0 amide bonds. The van der Waals surface area contributed by atoms with E-state index in [1.165, 1.54) is 0 Å². The molecule has 6 heteroatoms. The Morgan fingerprint density at radius 3 is 2.93 bits per heavy atom. The molecule has 3 aromatic rings. The van der Waals surface area contributed by atoms with E-state index in [1.54, 1.807) is 6.20 Å². The van der Waals surface area contributed by atoms with Crippen molar-refractivity contribution in [3.8, 4) is 17.0 Å². The lowest BCUT2D eigenvalue weighted by Crippen LogP contribution is -2.29. The Kier molecular flexibility index (Phi) is 4.99. The van der Waals surface area contributed by atoms with Gasteiger partial charge in [0.15, 0.2) is 0 Å². The molecule has 4 rings (SSSR count). The Morgan fingerprint density at radius 1 is 1.30 bits per heavy atom. The van der Waals surface area contributed by atoms with Crippen molar-refractivity contribution in [2.45, 2.75) is 38.5 Å². The Labute approximate surface area is 159 Å². The van der Waals surface area contributed by atoms with Gasteiger partial charge in [0.1, 0.15) is 28.6 Å². The number of fused-ring (bicyclic) bond motifs is 1. The van der Waals surface area contributed by atoms with Crippen molar-refractivity contribution in [3.05, 3.63) is 42.5 Å². The summed E-state index contributed by atoms with van der Waals surface area (Å²) >= 11 is 0. The zero-order valence-electron chi connectivity index (χ0n) is 15.8. The highest BCUT2D eigenvalue weighted by Crippen LogP contribution is 2.42. The lowest BCUT2D eigenvalue weighted by Gasteiger charge is -2.33. The van der Waals surface area contributed by atoms with Crippen molar-refractivity contribution >= 4 is 11.3 Å². The van der Waals surface area contributed by atoms with E-state index in [2.05, 4.69) is 22.4 Å². The van der Waals surface area contributed by atoms with Gasteiger partial charge < -0.3 is 16.2 Å². The first kappa shape index (κ1) is 17.8. The second-order valence-electron chi connectivity index (χ2n) is 7.35. The van der Waals surface area contributed by atoms with Crippen LogP contribution in [0.3, 0.4) is 0 Å². The highest BCUT2D eigenvalue weighted by molar-refractivity contribution is 5.85. The minimum absolute atomic E-state index is 0.422. The lowest BCUT2D eigenvalue weighted by atomic mass is 9.74. The van der Waals surface area contributed by atoms with Crippen molar-refractivity contribution in [3.63, 3.8) is 0 Å². The van der Waals surface area contributed by atoms with Gasteiger partial charge in [0.2, 0.25) is 0 Å². The maximum atomic E-state index is 6.23. The third-order valence-corrected chi connectivity index (χ3v) is 5.42. The molecule has 0 radical (unpaired) electrons. The number of hydrogen-bond donors (Lipinski definition) is 2. The molecule has 2 aromatic heterocycles. The van der Waals surface area contributed by atoms with Gasteiger partial charge in [-0.2, -0.15) is 0 Å². The van der Waals surface area contributed by atoms with Crippen LogP contribution in [0.5, 0.6) is 5.75 Å². The maximum Gasteiger partial charge on any atom is 0.150 e. The first-order valence-corrected chi connectivity index (χ1v) is 9.77. The van der Waals surface area contributed by atoms with Crippen LogP contribution in [0.1, 0.15) is 44.3 Å². The fourth-order valence-electron chi connectivity index (χ4n) is 3.78. The van der Waals surface area contributed by atoms with Crippen molar-refractivity contribution < 1.29 is 4.74 Å². The van der Waals surface area contributed by atoms with Gasteiger partial charge in [0.05, 0.1) is 6.61 Å². The van der Waals surface area contributed by atoms with E-state index in [-0.39, 0.29) is 0 Å². The van der Waals surface area contributed by atoms with Gasteiger partial charge in [-0.3, -0.25) is 4.40 Å². The standard InChI is InChI=1S/C21H27N5O/c1-2-3-9-27-17-6-4-5-15(12-17)18-19-20(23)24-7-8-26(19)21(25-18)16-10-14(11-16)13-22/h4-8,12,14,16H,2-3,9-11,13,22H2,1H3,(H2,23,24). The van der Waals surface area contributed by atoms with Crippen LogP contribution in [0.25, 0.3) is 16.8 Å². The molecule has 0 aliphatic heterocycles. The average Bonchev–Trinajstić information content (AvgIpc) is 3.02. The number of benzene rings is 1. The number of ether oxygens (including phenoxy) is 1. The third kappa shape index (κ3) is 3.37. The van der Waals surface area contributed by atoms with Crippen molar-refractivity contribution in [2.24, 2.45) is 11.7 Å². The van der Waals surface area contributed by atoms with Gasteiger partial charge >= 0.3 is 0 Å². The quantitative estimate of drug-likeness (QED) is 0.624. The second-order valence-corrected chi connectivity index (χ2v) is 7.35. The Bertz CT molecular complexity index is 929. The number of anilines is 1. The van der Waals surface area contributed by atoms with E-state index < -0.39 is 0 Å². The summed E-state index contributed by atoms with van der Waals surface area (Å²) in [6.07, 6.45) is 8.01. The smallest absolute Gasteiger partial charge is 0.150 e. The van der Waals surface area contributed by atoms with E-state index in [4.69, 9.17) is 21.2 Å². The van der Waals surface area contributed by atoms with Crippen LogP contribution >= 0.6 is 0 Å². The summed E-state index contributed by atoms with van der Waals surface area (Å²) in [6.45, 7) is 3.62. The molecular weight excluding hydrogens is 338 g/mol. The minimum atomic E-state index is 0.422. The Balaban J connectivity index is 1.73. The Morgan fingerprint density at radius 2 is 2.15 bits per heavy atom. The SMILES string of the molecule is CCCCOc1cccc(-c2nc(C3CC(CN)C3)n3ccnc(N)c23)c1. The number of nitrogen functional groups attached to an aromatic ring is 1. The molecule has 1 aliphatic rings. The number of unbranched alkanes of at least 4 members (excludes halogenated alkanes) is 1. The monoisotopic (exact) mass is 365 g/mol. The highest BCUT2D eigenvalue weighted by atomic mass is 16.5. The van der Waals surface area contributed by atoms with Crippen LogP contribution in [-0.2, 0) is 0 Å². The van der Waals surface area contributed by atoms with E-state index in [0.29, 0.717) is 17.7 Å². The molecule has 0 atom stereocenters. The van der Waals surface area contributed by atoms with Gasteiger partial charge in [-0.05, 0) is 43.9 Å². The topological polar surface area (TPSA) is 91.5 Å². The number of aromatic nitrogens is 3. The zero-order valence-corrected chi connectivity index (χ0v) is 15.8. The van der Waals surface area contributed by atoms with Crippen molar-refractivity contribution in [2.75, 3.05) is 18.9 Å². The molecule has 1 fully saturated rings. The van der Waals surface area contributed by atoms with Gasteiger partial charge in [-0.1, -0.05) is 25.5 Å². The molecule has 0 unspecified atom stereocenters. The molecule has 142 valence electrons. The summed E-state index contributed by atoms with van der Waals surface area (Å²) in [5.41, 5.74) is 14.8. The first-order valence-electron chi connectivity index (χ1n) is 9.77. The summed E-state index contributed by atoms with van der Waals surface area (Å²) in [7, 11) is 0. The summed E-state index contributed by atoms with van der Waals surface area (Å²) in [5.74, 6) is 3.43. The molecule has 1 aliphatic carbocycles. The average molecular weight is 365 g/mol. The minimum Gasteiger partial charge on any atom is -0.494 e. The largest absolute Gasteiger partial charge is 0.494 e. The third-order valence-electron chi connectivity index (χ3n) is 5.42. The molecule has 4 N–H and O–H groups in total. The highest BCUT2D eigenvalue weighted by Gasteiger charge is 2.33. The maximum absolute atomic E-state index is 6.23. The number of hydrogen-bond acceptors (Lipinski definition) is 5. The van der Waals surface area contributed by atoms with E-state index >= 15 is 0 Å². The second kappa shape index (κ2) is 7.56. The molecule has 1 saturated carbocycles. The van der Waals surface area contributed by atoms with E-state index in [0.717, 1.165) is 67.2 Å². The van der Waals surface area contributed by atoms with Crippen LogP contribution in [0.15, 0.2) is 36.7 Å². The van der Waals surface area contributed by atoms with Gasteiger partial charge in [-0.15, -0.1) is 0 Å². The summed E-state index contributed by atoms with van der Waals surface area (Å²) < 4.78 is 7.97. The first-order chi connectivity index (χ1) is 13.2. The molecule has 6 nitrogen and oxygen atoms in total. The normalized spacial score (nSPS) is 19.2. The van der Waals surface area contributed by atoms with Gasteiger partial charge in [0, 0.05) is 23.9 Å². The number of imidazole rings is 1. The van der Waals surface area contributed by atoms with Crippen LogP contribution in [0.4, 0.5) is 5.82 Å². The van der Waals surface area contributed by atoms with Crippen LogP contribution in [0.2, 0.25) is 0 Å². The lowest BCUT2D eigenvalue weighted by molar-refractivity contribution is 0.262. The Hall–Kier alpha value is -2.60. The van der Waals surface area contributed by atoms with Crippen molar-refractivity contribution in [1.82, 2.24) is 14.4 Å². The fourth-order valence-corrected chi connectivity index (χ4v) is 3.78. The van der Waals surface area contributed by atoms with Crippen molar-refractivity contribution in [1.29, 1.82) is 0 Å². The summed E-state index contributed by atoms with van der Waals surface area (Å²) in [4.78, 5) is 9.29. The molecule has 0 spiro atoms. The molecule has 0 saturated heterocycles. The summed E-state index contributed by atoms with van der Waals surface area (Å²) in [6, 6.07) is 8.08. The number of nitrogens with two attached hydrogens (primary N) is 2. The molecular formula is C21H27N5O. The number of rotatable bonds is 7. The molecule has 2 heterocycles. The predicted octanol–water partition coefficient (Wildman–Crippen LogP) is 3.61. The van der Waals surface area contributed by atoms with E-state index in [9.17, 15) is 0 Å². The summed E-state index contributed by atoms with van der Waals surface area (Å²) in [5, 5.41) is 0. The molecule has 1 aromatic carbocycles. The molecule has 27 heavy (non-hydrogen) atoms. The molecule has 0 bridgehead atoms. The van der Waals surface area contributed by atoms with Crippen LogP contribution in [0, 0.1) is 5.92 Å². The van der Waals surface area contributed by atoms with Crippen LogP contribution < -0.4 is 16.2 Å².